The molecule has 1 aliphatic rings. The van der Waals surface area contributed by atoms with Crippen molar-refractivity contribution in [2.45, 2.75) is 25.8 Å². The molecule has 0 saturated carbocycles. The van der Waals surface area contributed by atoms with Crippen molar-refractivity contribution in [2.75, 3.05) is 26.8 Å². The molecule has 1 aromatic carbocycles. The first-order valence-electron chi connectivity index (χ1n) is 7.58. The van der Waals surface area contributed by atoms with Gasteiger partial charge in [0.2, 0.25) is 0 Å². The highest BCUT2D eigenvalue weighted by Gasteiger charge is 2.03. The maximum absolute atomic E-state index is 11.0. The molecule has 6 nitrogen and oxygen atoms in total. The molecule has 0 amide bonds. The van der Waals surface area contributed by atoms with E-state index in [1.807, 2.05) is 24.3 Å². The van der Waals surface area contributed by atoms with Gasteiger partial charge in [0.25, 0.3) is 0 Å². The lowest BCUT2D eigenvalue weighted by Crippen LogP contribution is -2.40. The van der Waals surface area contributed by atoms with Gasteiger partial charge in [-0.2, -0.15) is 0 Å². The third-order valence-corrected chi connectivity index (χ3v) is 3.30. The average molecular weight is 305 g/mol. The number of carbonyl (C=O) groups is 1. The summed E-state index contributed by atoms with van der Waals surface area (Å²) in [5.74, 6) is 1.47. The summed E-state index contributed by atoms with van der Waals surface area (Å²) in [6, 6.07) is 7.91. The number of hydrogen-bond donors (Lipinski definition) is 2. The van der Waals surface area contributed by atoms with Gasteiger partial charge >= 0.3 is 5.97 Å². The van der Waals surface area contributed by atoms with E-state index in [-0.39, 0.29) is 5.97 Å². The third kappa shape index (κ3) is 5.63. The molecule has 1 heterocycles. The topological polar surface area (TPSA) is 72.0 Å². The zero-order valence-electron chi connectivity index (χ0n) is 12.9. The minimum Gasteiger partial charge on any atom is -0.494 e. The summed E-state index contributed by atoms with van der Waals surface area (Å²) in [7, 11) is 1.39. The first kappa shape index (κ1) is 16.1. The molecule has 0 bridgehead atoms. The summed E-state index contributed by atoms with van der Waals surface area (Å²) in [6.07, 6.45) is 2.13. The Hall–Kier alpha value is -2.24. The number of nitrogens with one attached hydrogen (secondary N) is 2. The van der Waals surface area contributed by atoms with Crippen molar-refractivity contribution >= 4 is 11.9 Å². The van der Waals surface area contributed by atoms with Crippen molar-refractivity contribution in [1.82, 2.24) is 10.6 Å². The Morgan fingerprint density at radius 2 is 2.18 bits per heavy atom. The van der Waals surface area contributed by atoms with Crippen LogP contribution >= 0.6 is 0 Å². The third-order valence-electron chi connectivity index (χ3n) is 3.30. The van der Waals surface area contributed by atoms with Crippen molar-refractivity contribution in [3.8, 4) is 5.75 Å². The lowest BCUT2D eigenvalue weighted by molar-refractivity contribution is -0.140. The molecule has 0 aliphatic carbocycles. The Labute approximate surface area is 130 Å². The van der Waals surface area contributed by atoms with Crippen molar-refractivity contribution in [2.24, 2.45) is 4.99 Å². The lowest BCUT2D eigenvalue weighted by Gasteiger charge is -2.16. The summed E-state index contributed by atoms with van der Waals surface area (Å²) in [4.78, 5) is 15.3. The Bertz CT molecular complexity index is 500. The SMILES string of the molecule is COC(=O)CCCOc1ccc(CNC2=NCCCN2)cc1. The largest absolute Gasteiger partial charge is 0.494 e. The molecule has 22 heavy (non-hydrogen) atoms. The minimum atomic E-state index is -0.204. The summed E-state index contributed by atoms with van der Waals surface area (Å²) < 4.78 is 10.2. The van der Waals surface area contributed by atoms with E-state index in [0.29, 0.717) is 19.4 Å². The highest BCUT2D eigenvalue weighted by Crippen LogP contribution is 2.12. The molecule has 0 aromatic heterocycles. The van der Waals surface area contributed by atoms with Crippen LogP contribution in [0, 0.1) is 0 Å². The van der Waals surface area contributed by atoms with Gasteiger partial charge in [0, 0.05) is 26.1 Å². The fourth-order valence-electron chi connectivity index (χ4n) is 2.05. The fraction of sp³-hybridized carbons (Fsp3) is 0.500. The number of methoxy groups -OCH3 is 1. The highest BCUT2D eigenvalue weighted by atomic mass is 16.5. The molecule has 0 unspecified atom stereocenters. The molecule has 6 heteroatoms. The van der Waals surface area contributed by atoms with Gasteiger partial charge in [0.05, 0.1) is 13.7 Å². The summed E-state index contributed by atoms with van der Waals surface area (Å²) in [5.41, 5.74) is 1.16. The first-order chi connectivity index (χ1) is 10.8. The van der Waals surface area contributed by atoms with E-state index in [0.717, 1.165) is 43.3 Å². The minimum absolute atomic E-state index is 0.204. The molecule has 0 radical (unpaired) electrons. The van der Waals surface area contributed by atoms with Crippen molar-refractivity contribution < 1.29 is 14.3 Å². The van der Waals surface area contributed by atoms with E-state index in [4.69, 9.17) is 4.74 Å². The Balaban J connectivity index is 1.68. The summed E-state index contributed by atoms with van der Waals surface area (Å²) in [6.45, 7) is 3.10. The molecule has 2 rings (SSSR count). The zero-order valence-corrected chi connectivity index (χ0v) is 12.9. The lowest BCUT2D eigenvalue weighted by atomic mass is 10.2. The van der Waals surface area contributed by atoms with Crippen LogP contribution in [0.15, 0.2) is 29.3 Å². The van der Waals surface area contributed by atoms with Crippen molar-refractivity contribution in [3.05, 3.63) is 29.8 Å². The second-order valence-corrected chi connectivity index (χ2v) is 5.04. The normalized spacial score (nSPS) is 13.8. The molecule has 0 fully saturated rings. The molecular formula is C16H23N3O3. The highest BCUT2D eigenvalue weighted by molar-refractivity contribution is 5.80. The monoisotopic (exact) mass is 305 g/mol. The number of aliphatic imine (C=N–C) groups is 1. The molecule has 0 spiro atoms. The number of benzene rings is 1. The van der Waals surface area contributed by atoms with Gasteiger partial charge in [-0.25, -0.2) is 0 Å². The van der Waals surface area contributed by atoms with Crippen LogP contribution in [0.2, 0.25) is 0 Å². The predicted molar refractivity (Wildman–Crippen MR) is 84.9 cm³/mol. The second-order valence-electron chi connectivity index (χ2n) is 5.04. The van der Waals surface area contributed by atoms with Gasteiger partial charge in [-0.05, 0) is 30.5 Å². The first-order valence-corrected chi connectivity index (χ1v) is 7.58. The van der Waals surface area contributed by atoms with Gasteiger partial charge in [-0.3, -0.25) is 9.79 Å². The van der Waals surface area contributed by atoms with Crippen molar-refractivity contribution in [1.29, 1.82) is 0 Å². The number of carbonyl (C=O) groups excluding carboxylic acids is 1. The van der Waals surface area contributed by atoms with E-state index < -0.39 is 0 Å². The van der Waals surface area contributed by atoms with E-state index in [2.05, 4.69) is 20.4 Å². The molecular weight excluding hydrogens is 282 g/mol. The smallest absolute Gasteiger partial charge is 0.305 e. The molecule has 0 saturated heterocycles. The Morgan fingerprint density at radius 3 is 2.86 bits per heavy atom. The van der Waals surface area contributed by atoms with Gasteiger partial charge in [-0.15, -0.1) is 0 Å². The molecule has 0 atom stereocenters. The quantitative estimate of drug-likeness (QED) is 0.589. The van der Waals surface area contributed by atoms with Gasteiger partial charge in [0.1, 0.15) is 5.75 Å². The number of ether oxygens (including phenoxy) is 2. The number of nitrogens with zero attached hydrogens (tertiary/aromatic N) is 1. The molecule has 1 aromatic rings. The van der Waals surface area contributed by atoms with E-state index >= 15 is 0 Å². The van der Waals surface area contributed by atoms with E-state index in [9.17, 15) is 4.79 Å². The fourth-order valence-corrected chi connectivity index (χ4v) is 2.05. The van der Waals surface area contributed by atoms with E-state index in [1.165, 1.54) is 7.11 Å². The molecule has 2 N–H and O–H groups in total. The summed E-state index contributed by atoms with van der Waals surface area (Å²) >= 11 is 0. The predicted octanol–water partition coefficient (Wildman–Crippen LogP) is 1.46. The van der Waals surface area contributed by atoms with Crippen LogP contribution in [0.5, 0.6) is 5.75 Å². The number of guanidine groups is 1. The van der Waals surface area contributed by atoms with Gasteiger partial charge < -0.3 is 20.1 Å². The van der Waals surface area contributed by atoms with Crippen LogP contribution in [0.1, 0.15) is 24.8 Å². The van der Waals surface area contributed by atoms with Crippen LogP contribution in [0.4, 0.5) is 0 Å². The van der Waals surface area contributed by atoms with Crippen LogP contribution in [0.3, 0.4) is 0 Å². The standard InChI is InChI=1S/C16H23N3O3/c1-21-15(20)4-2-11-22-14-7-5-13(6-8-14)12-19-16-17-9-3-10-18-16/h5-8H,2-4,9-12H2,1H3,(H2,17,18,19). The molecule has 1 aliphatic heterocycles. The number of esters is 1. The van der Waals surface area contributed by atoms with Crippen LogP contribution in [-0.4, -0.2) is 38.7 Å². The summed E-state index contributed by atoms with van der Waals surface area (Å²) in [5, 5.41) is 6.50. The van der Waals surface area contributed by atoms with E-state index in [1.54, 1.807) is 0 Å². The Kier molecular flexibility index (Phi) is 6.54. The van der Waals surface area contributed by atoms with Crippen LogP contribution < -0.4 is 15.4 Å². The van der Waals surface area contributed by atoms with Crippen LogP contribution in [0.25, 0.3) is 0 Å². The van der Waals surface area contributed by atoms with Crippen LogP contribution in [-0.2, 0) is 16.1 Å². The number of rotatable bonds is 7. The Morgan fingerprint density at radius 1 is 1.36 bits per heavy atom. The maximum Gasteiger partial charge on any atom is 0.305 e. The number of hydrogen-bond acceptors (Lipinski definition) is 6. The van der Waals surface area contributed by atoms with Crippen molar-refractivity contribution in [3.63, 3.8) is 0 Å². The second kappa shape index (κ2) is 8.92. The van der Waals surface area contributed by atoms with Gasteiger partial charge in [0.15, 0.2) is 5.96 Å². The van der Waals surface area contributed by atoms with Gasteiger partial charge in [-0.1, -0.05) is 12.1 Å². The maximum atomic E-state index is 11.0. The molecule has 120 valence electrons. The average Bonchev–Trinajstić information content (AvgIpc) is 2.58. The zero-order chi connectivity index (χ0) is 15.6.